The minimum Gasteiger partial charge on any atom is -0.392 e. The summed E-state index contributed by atoms with van der Waals surface area (Å²) < 4.78 is 3.07. The molecule has 0 spiro atoms. The second kappa shape index (κ2) is 8.08. The number of aromatic nitrogens is 6. The van der Waals surface area contributed by atoms with Crippen molar-refractivity contribution >= 4 is 40.0 Å². The first-order valence-electron chi connectivity index (χ1n) is 10.7. The SMILES string of the molecule is CNc1cc(Nc2cc(CO)cn3nc(C)nc23)nc2c1ncn2C(=O)NC1CCCC1. The lowest BCUT2D eigenvalue weighted by molar-refractivity contribution is 0.239. The van der Waals surface area contributed by atoms with Gasteiger partial charge in [-0.15, -0.1) is 0 Å². The zero-order valence-electron chi connectivity index (χ0n) is 18.0. The summed E-state index contributed by atoms with van der Waals surface area (Å²) in [5.74, 6) is 1.12. The standard InChI is InChI=1S/C21H25N9O2/c1-12-24-19-16(7-13(10-31)9-30(19)28-12)26-17-8-15(22-2)18-20(27-17)29(11-23-18)21(32)25-14-5-3-4-6-14/h7-9,11,14,31H,3-6,10H2,1-2H3,(H,25,32)(H2,22,26,27). The van der Waals surface area contributed by atoms with Crippen LogP contribution in [0.15, 0.2) is 24.7 Å². The number of aliphatic hydroxyl groups is 1. The predicted molar refractivity (Wildman–Crippen MR) is 120 cm³/mol. The molecule has 4 aromatic rings. The molecule has 1 amide bonds. The first-order chi connectivity index (χ1) is 15.6. The highest BCUT2D eigenvalue weighted by molar-refractivity contribution is 5.94. The van der Waals surface area contributed by atoms with Crippen LogP contribution >= 0.6 is 0 Å². The Morgan fingerprint density at radius 3 is 2.75 bits per heavy atom. The molecule has 11 nitrogen and oxygen atoms in total. The van der Waals surface area contributed by atoms with E-state index in [0.29, 0.717) is 39.7 Å². The Hall–Kier alpha value is -3.73. The van der Waals surface area contributed by atoms with Crippen molar-refractivity contribution in [2.75, 3.05) is 17.7 Å². The normalized spacial score (nSPS) is 14.3. The van der Waals surface area contributed by atoms with E-state index in [1.54, 1.807) is 30.8 Å². The van der Waals surface area contributed by atoms with Gasteiger partial charge < -0.3 is 21.1 Å². The van der Waals surface area contributed by atoms with Crippen LogP contribution in [-0.2, 0) is 6.61 Å². The maximum atomic E-state index is 12.9. The van der Waals surface area contributed by atoms with Crippen LogP contribution in [0.1, 0.15) is 37.1 Å². The fraction of sp³-hybridized carbons (Fsp3) is 0.381. The largest absolute Gasteiger partial charge is 0.392 e. The summed E-state index contributed by atoms with van der Waals surface area (Å²) in [5, 5.41) is 23.4. The van der Waals surface area contributed by atoms with Crippen molar-refractivity contribution in [3.05, 3.63) is 36.0 Å². The van der Waals surface area contributed by atoms with E-state index in [9.17, 15) is 9.90 Å². The first kappa shape index (κ1) is 20.2. The number of imidazole rings is 1. The Kier molecular flexibility index (Phi) is 5.10. The average Bonchev–Trinajstić information content (AvgIpc) is 3.52. The van der Waals surface area contributed by atoms with E-state index < -0.39 is 0 Å². The van der Waals surface area contributed by atoms with Gasteiger partial charge in [0.15, 0.2) is 11.3 Å². The highest BCUT2D eigenvalue weighted by atomic mass is 16.3. The molecule has 0 saturated heterocycles. The summed E-state index contributed by atoms with van der Waals surface area (Å²) >= 11 is 0. The molecule has 5 rings (SSSR count). The Morgan fingerprint density at radius 1 is 1.19 bits per heavy atom. The smallest absolute Gasteiger partial charge is 0.328 e. The lowest BCUT2D eigenvalue weighted by atomic mass is 10.2. The summed E-state index contributed by atoms with van der Waals surface area (Å²) in [5.41, 5.74) is 3.72. The Labute approximate surface area is 183 Å². The van der Waals surface area contributed by atoms with E-state index in [-0.39, 0.29) is 18.7 Å². The minimum absolute atomic E-state index is 0.133. The van der Waals surface area contributed by atoms with Gasteiger partial charge in [-0.3, -0.25) is 0 Å². The third kappa shape index (κ3) is 3.60. The summed E-state index contributed by atoms with van der Waals surface area (Å²) in [6, 6.07) is 3.58. The Balaban J connectivity index is 1.55. The molecule has 4 N–H and O–H groups in total. The first-order valence-corrected chi connectivity index (χ1v) is 10.7. The van der Waals surface area contributed by atoms with Crippen molar-refractivity contribution < 1.29 is 9.90 Å². The number of nitrogens with one attached hydrogen (secondary N) is 3. The molecule has 1 saturated carbocycles. The number of hydrogen-bond acceptors (Lipinski definition) is 8. The lowest BCUT2D eigenvalue weighted by Crippen LogP contribution is -2.35. The van der Waals surface area contributed by atoms with Crippen LogP contribution in [0.3, 0.4) is 0 Å². The molecule has 1 aliphatic carbocycles. The lowest BCUT2D eigenvalue weighted by Gasteiger charge is -2.13. The summed E-state index contributed by atoms with van der Waals surface area (Å²) in [6.45, 7) is 1.67. The van der Waals surface area contributed by atoms with Crippen molar-refractivity contribution in [2.24, 2.45) is 0 Å². The van der Waals surface area contributed by atoms with Gasteiger partial charge in [0.25, 0.3) is 0 Å². The predicted octanol–water partition coefficient (Wildman–Crippen LogP) is 2.56. The van der Waals surface area contributed by atoms with Gasteiger partial charge in [-0.05, 0) is 31.4 Å². The summed E-state index contributed by atoms with van der Waals surface area (Å²) in [4.78, 5) is 26.4. The van der Waals surface area contributed by atoms with Crippen LogP contribution < -0.4 is 16.0 Å². The molecule has 1 fully saturated rings. The van der Waals surface area contributed by atoms with Crippen molar-refractivity contribution in [3.63, 3.8) is 0 Å². The van der Waals surface area contributed by atoms with Gasteiger partial charge in [0.05, 0.1) is 18.0 Å². The molecule has 0 atom stereocenters. The number of aryl methyl sites for hydroxylation is 1. The van der Waals surface area contributed by atoms with Gasteiger partial charge >= 0.3 is 6.03 Å². The molecule has 0 radical (unpaired) electrons. The van der Waals surface area contributed by atoms with Gasteiger partial charge in [-0.2, -0.15) is 5.10 Å². The Bertz CT molecular complexity index is 1300. The Morgan fingerprint density at radius 2 is 2.00 bits per heavy atom. The number of amides is 1. The van der Waals surface area contributed by atoms with Gasteiger partial charge in [0.2, 0.25) is 0 Å². The fourth-order valence-electron chi connectivity index (χ4n) is 4.17. The zero-order valence-corrected chi connectivity index (χ0v) is 18.0. The van der Waals surface area contributed by atoms with Crippen LogP contribution in [0.5, 0.6) is 0 Å². The van der Waals surface area contributed by atoms with Crippen LogP contribution in [0, 0.1) is 6.92 Å². The van der Waals surface area contributed by atoms with E-state index in [1.807, 2.05) is 6.07 Å². The zero-order chi connectivity index (χ0) is 22.2. The number of carbonyl (C=O) groups is 1. The number of fused-ring (bicyclic) bond motifs is 2. The summed E-state index contributed by atoms with van der Waals surface area (Å²) in [7, 11) is 1.79. The average molecular weight is 435 g/mol. The molecule has 32 heavy (non-hydrogen) atoms. The van der Waals surface area contributed by atoms with E-state index in [0.717, 1.165) is 31.4 Å². The van der Waals surface area contributed by atoms with Crippen LogP contribution in [0.4, 0.5) is 22.0 Å². The molecule has 0 aromatic carbocycles. The highest BCUT2D eigenvalue weighted by Gasteiger charge is 2.21. The molecule has 166 valence electrons. The number of carbonyl (C=O) groups excluding carboxylic acids is 1. The number of nitrogens with zero attached hydrogens (tertiary/aromatic N) is 6. The third-order valence-electron chi connectivity index (χ3n) is 5.72. The molecule has 4 aromatic heterocycles. The molecule has 0 aliphatic heterocycles. The number of rotatable bonds is 5. The topological polar surface area (TPSA) is 134 Å². The summed E-state index contributed by atoms with van der Waals surface area (Å²) in [6.07, 6.45) is 7.49. The van der Waals surface area contributed by atoms with Gasteiger partial charge in [-0.1, -0.05) is 12.8 Å². The number of anilines is 3. The van der Waals surface area contributed by atoms with Crippen LogP contribution in [0.25, 0.3) is 16.8 Å². The molecule has 11 heteroatoms. The second-order valence-corrected chi connectivity index (χ2v) is 8.00. The van der Waals surface area contributed by atoms with Gasteiger partial charge in [0, 0.05) is 25.4 Å². The molecule has 0 unspecified atom stereocenters. The third-order valence-corrected chi connectivity index (χ3v) is 5.72. The molecule has 1 aliphatic rings. The second-order valence-electron chi connectivity index (χ2n) is 8.00. The van der Waals surface area contributed by atoms with E-state index >= 15 is 0 Å². The molecule has 0 bridgehead atoms. The molecular weight excluding hydrogens is 410 g/mol. The van der Waals surface area contributed by atoms with Crippen molar-refractivity contribution in [1.82, 2.24) is 34.4 Å². The quantitative estimate of drug-likeness (QED) is 0.376. The van der Waals surface area contributed by atoms with Gasteiger partial charge in [-0.25, -0.2) is 28.8 Å². The van der Waals surface area contributed by atoms with Crippen LogP contribution in [-0.4, -0.2) is 53.4 Å². The fourth-order valence-corrected chi connectivity index (χ4v) is 4.17. The number of hydrogen-bond donors (Lipinski definition) is 4. The highest BCUT2D eigenvalue weighted by Crippen LogP contribution is 2.28. The van der Waals surface area contributed by atoms with Gasteiger partial charge in [0.1, 0.15) is 23.5 Å². The monoisotopic (exact) mass is 435 g/mol. The minimum atomic E-state index is -0.233. The van der Waals surface area contributed by atoms with Crippen molar-refractivity contribution in [3.8, 4) is 0 Å². The maximum Gasteiger partial charge on any atom is 0.328 e. The van der Waals surface area contributed by atoms with Crippen LogP contribution in [0.2, 0.25) is 0 Å². The number of pyridine rings is 2. The van der Waals surface area contributed by atoms with Crippen molar-refractivity contribution in [2.45, 2.75) is 45.3 Å². The van der Waals surface area contributed by atoms with E-state index in [1.165, 1.54) is 10.9 Å². The molecule has 4 heterocycles. The van der Waals surface area contributed by atoms with Crippen molar-refractivity contribution in [1.29, 1.82) is 0 Å². The van der Waals surface area contributed by atoms with E-state index in [4.69, 9.17) is 0 Å². The number of aliphatic hydroxyl groups excluding tert-OH is 1. The van der Waals surface area contributed by atoms with E-state index in [2.05, 4.69) is 36.0 Å². The maximum absolute atomic E-state index is 12.9. The molecular formula is C21H25N9O2.